The van der Waals surface area contributed by atoms with Crippen LogP contribution in [0.1, 0.15) is 5.69 Å². The van der Waals surface area contributed by atoms with Gasteiger partial charge in [0.25, 0.3) is 15.7 Å². The van der Waals surface area contributed by atoms with Crippen LogP contribution in [-0.4, -0.2) is 36.8 Å². The fourth-order valence-electron chi connectivity index (χ4n) is 2.08. The lowest BCUT2D eigenvalue weighted by atomic mass is 10.2. The second-order valence-corrected chi connectivity index (χ2v) is 6.41. The second kappa shape index (κ2) is 5.43. The van der Waals surface area contributed by atoms with E-state index < -0.39 is 25.5 Å². The monoisotopic (exact) mass is 340 g/mol. The molecule has 1 aromatic heterocycles. The van der Waals surface area contributed by atoms with E-state index >= 15 is 0 Å². The second-order valence-electron chi connectivity index (χ2n) is 4.76. The number of H-pyrrole nitrogens is 1. The predicted molar refractivity (Wildman–Crippen MR) is 78.2 cm³/mol. The van der Waals surface area contributed by atoms with Crippen LogP contribution in [-0.2, 0) is 10.0 Å². The van der Waals surface area contributed by atoms with E-state index in [9.17, 15) is 18.5 Å². The fourth-order valence-corrected chi connectivity index (χ4v) is 3.24. The third-order valence-corrected chi connectivity index (χ3v) is 4.44. The number of aromatic nitrogens is 2. The van der Waals surface area contributed by atoms with Crippen molar-refractivity contribution in [2.75, 3.05) is 17.9 Å². The number of aryl methyl sites for hydroxylation is 1. The summed E-state index contributed by atoms with van der Waals surface area (Å²) in [6.07, 6.45) is 0. The molecule has 1 aromatic carbocycles. The minimum Gasteiger partial charge on any atom is -0.486 e. The van der Waals surface area contributed by atoms with Crippen molar-refractivity contribution >= 4 is 21.5 Å². The molecule has 0 aliphatic carbocycles. The number of anilines is 1. The Morgan fingerprint density at radius 2 is 1.91 bits per heavy atom. The van der Waals surface area contributed by atoms with E-state index in [2.05, 4.69) is 14.9 Å². The first-order valence-corrected chi connectivity index (χ1v) is 7.98. The van der Waals surface area contributed by atoms with Gasteiger partial charge in [0, 0.05) is 17.8 Å². The first-order valence-electron chi connectivity index (χ1n) is 6.50. The third-order valence-electron chi connectivity index (χ3n) is 3.05. The molecular weight excluding hydrogens is 328 g/mol. The normalized spacial score (nSPS) is 13.6. The van der Waals surface area contributed by atoms with E-state index in [1.165, 1.54) is 6.07 Å². The number of nitrogens with one attached hydrogen (secondary N) is 2. The number of ether oxygens (including phenoxy) is 2. The van der Waals surface area contributed by atoms with Gasteiger partial charge in [0.05, 0.1) is 11.0 Å². The van der Waals surface area contributed by atoms with Crippen molar-refractivity contribution in [3.63, 3.8) is 0 Å². The van der Waals surface area contributed by atoms with Crippen molar-refractivity contribution < 1.29 is 22.8 Å². The van der Waals surface area contributed by atoms with Crippen LogP contribution in [0.4, 0.5) is 11.5 Å². The molecule has 0 fully saturated rings. The van der Waals surface area contributed by atoms with Crippen molar-refractivity contribution in [3.05, 3.63) is 34.0 Å². The van der Waals surface area contributed by atoms with Gasteiger partial charge in [0.15, 0.2) is 22.2 Å². The molecule has 0 bridgehead atoms. The number of rotatable bonds is 4. The maximum Gasteiger partial charge on any atom is 0.293 e. The van der Waals surface area contributed by atoms with Crippen LogP contribution in [0.25, 0.3) is 0 Å². The summed E-state index contributed by atoms with van der Waals surface area (Å²) in [5, 5.41) is 17.5. The summed E-state index contributed by atoms with van der Waals surface area (Å²) < 4.78 is 37.6. The van der Waals surface area contributed by atoms with E-state index in [0.717, 1.165) is 12.1 Å². The molecule has 0 atom stereocenters. The minimum atomic E-state index is -4.22. The van der Waals surface area contributed by atoms with Crippen LogP contribution >= 0.6 is 0 Å². The highest BCUT2D eigenvalue weighted by Crippen LogP contribution is 2.39. The highest BCUT2D eigenvalue weighted by atomic mass is 32.2. The summed E-state index contributed by atoms with van der Waals surface area (Å²) in [7, 11) is -4.22. The Hall–Kier alpha value is -2.82. The van der Waals surface area contributed by atoms with E-state index in [1.807, 2.05) is 0 Å². The quantitative estimate of drug-likeness (QED) is 0.630. The van der Waals surface area contributed by atoms with E-state index in [4.69, 9.17) is 9.47 Å². The first-order chi connectivity index (χ1) is 10.9. The molecule has 0 unspecified atom stereocenters. The molecule has 0 amide bonds. The first kappa shape index (κ1) is 15.1. The molecule has 122 valence electrons. The van der Waals surface area contributed by atoms with Crippen LogP contribution in [0.15, 0.2) is 23.1 Å². The zero-order valence-electron chi connectivity index (χ0n) is 11.9. The number of aromatic amines is 1. The fraction of sp³-hybridized carbons (Fsp3) is 0.250. The molecule has 0 saturated carbocycles. The lowest BCUT2D eigenvalue weighted by Crippen LogP contribution is -2.19. The Kier molecular flexibility index (Phi) is 3.56. The smallest absolute Gasteiger partial charge is 0.293 e. The van der Waals surface area contributed by atoms with Crippen LogP contribution in [0.2, 0.25) is 0 Å². The topological polar surface area (TPSA) is 136 Å². The number of nitro groups is 1. The summed E-state index contributed by atoms with van der Waals surface area (Å²) >= 11 is 0. The minimum absolute atomic E-state index is 0.0340. The average Bonchev–Trinajstić information content (AvgIpc) is 2.90. The van der Waals surface area contributed by atoms with Crippen molar-refractivity contribution in [2.24, 2.45) is 0 Å². The average molecular weight is 340 g/mol. The molecule has 1 aliphatic heterocycles. The van der Waals surface area contributed by atoms with Crippen LogP contribution in [0.5, 0.6) is 11.5 Å². The maximum atomic E-state index is 12.5. The van der Waals surface area contributed by atoms with E-state index in [-0.39, 0.29) is 30.5 Å². The van der Waals surface area contributed by atoms with E-state index in [0.29, 0.717) is 5.69 Å². The number of hydrogen-bond acceptors (Lipinski definition) is 7. The molecule has 0 saturated heterocycles. The molecule has 3 rings (SSSR count). The van der Waals surface area contributed by atoms with Gasteiger partial charge in [-0.15, -0.1) is 0 Å². The van der Waals surface area contributed by atoms with Gasteiger partial charge < -0.3 is 9.47 Å². The summed E-state index contributed by atoms with van der Waals surface area (Å²) in [6, 6.07) is 3.58. The number of nitrogens with zero attached hydrogens (tertiary/aromatic N) is 2. The van der Waals surface area contributed by atoms with Gasteiger partial charge in [-0.1, -0.05) is 0 Å². The Morgan fingerprint density at radius 3 is 2.48 bits per heavy atom. The van der Waals surface area contributed by atoms with E-state index in [1.54, 1.807) is 6.92 Å². The van der Waals surface area contributed by atoms with Crippen molar-refractivity contribution in [1.82, 2.24) is 10.2 Å². The molecule has 10 nitrogen and oxygen atoms in total. The molecule has 0 spiro atoms. The molecule has 23 heavy (non-hydrogen) atoms. The SMILES string of the molecule is Cc1cc(NS(=O)(=O)c2cc3c(cc2[N+](=O)[O-])OCCO3)n[nH]1. The van der Waals surface area contributed by atoms with Crippen molar-refractivity contribution in [2.45, 2.75) is 11.8 Å². The lowest BCUT2D eigenvalue weighted by Gasteiger charge is -2.19. The maximum absolute atomic E-state index is 12.5. The molecule has 2 N–H and O–H groups in total. The largest absolute Gasteiger partial charge is 0.486 e. The molecule has 2 aromatic rings. The zero-order valence-corrected chi connectivity index (χ0v) is 12.7. The van der Waals surface area contributed by atoms with Gasteiger partial charge in [-0.05, 0) is 6.92 Å². The van der Waals surface area contributed by atoms with Crippen LogP contribution in [0, 0.1) is 17.0 Å². The van der Waals surface area contributed by atoms with Gasteiger partial charge in [0.2, 0.25) is 0 Å². The Balaban J connectivity index is 2.07. The van der Waals surface area contributed by atoms with Gasteiger partial charge >= 0.3 is 0 Å². The predicted octanol–water partition coefficient (Wildman–Crippen LogP) is 1.20. The van der Waals surface area contributed by atoms with Crippen LogP contribution < -0.4 is 14.2 Å². The summed E-state index contributed by atoms with van der Waals surface area (Å²) in [4.78, 5) is 9.90. The molecule has 2 heterocycles. The number of fused-ring (bicyclic) bond motifs is 1. The summed E-state index contributed by atoms with van der Waals surface area (Å²) in [6.45, 7) is 2.16. The molecule has 11 heteroatoms. The van der Waals surface area contributed by atoms with Gasteiger partial charge in [0.1, 0.15) is 13.2 Å². The van der Waals surface area contributed by atoms with Gasteiger partial charge in [-0.3, -0.25) is 19.9 Å². The summed E-state index contributed by atoms with van der Waals surface area (Å²) in [5.41, 5.74) is 0.0355. The Morgan fingerprint density at radius 1 is 1.26 bits per heavy atom. The van der Waals surface area contributed by atoms with Crippen molar-refractivity contribution in [1.29, 1.82) is 0 Å². The molecular formula is C12H12N4O6S. The van der Waals surface area contributed by atoms with Gasteiger partial charge in [-0.2, -0.15) is 5.10 Å². The molecule has 0 radical (unpaired) electrons. The number of sulfonamides is 1. The number of benzene rings is 1. The van der Waals surface area contributed by atoms with Crippen LogP contribution in [0.3, 0.4) is 0 Å². The van der Waals surface area contributed by atoms with Crippen molar-refractivity contribution in [3.8, 4) is 11.5 Å². The molecule has 1 aliphatic rings. The lowest BCUT2D eigenvalue weighted by molar-refractivity contribution is -0.387. The Bertz CT molecular complexity index is 876. The summed E-state index contributed by atoms with van der Waals surface area (Å²) in [5.74, 6) is 0.310. The van der Waals surface area contributed by atoms with Gasteiger partial charge in [-0.25, -0.2) is 8.42 Å². The number of nitro benzene ring substituents is 1. The standard InChI is InChI=1S/C12H12N4O6S/c1-7-4-12(14-13-7)15-23(19,20)11-6-10-9(21-2-3-22-10)5-8(11)16(17)18/h4-6H,2-3H2,1H3,(H2,13,14,15). The third kappa shape index (κ3) is 2.90. The Labute approximate surface area is 130 Å². The highest BCUT2D eigenvalue weighted by molar-refractivity contribution is 7.92. The number of hydrogen-bond donors (Lipinski definition) is 2. The zero-order chi connectivity index (χ0) is 16.6. The highest BCUT2D eigenvalue weighted by Gasteiger charge is 2.30.